The van der Waals surface area contributed by atoms with Gasteiger partial charge in [0.05, 0.1) is 5.56 Å². The summed E-state index contributed by atoms with van der Waals surface area (Å²) in [6.07, 6.45) is 2.55. The summed E-state index contributed by atoms with van der Waals surface area (Å²) in [4.78, 5) is 16.6. The Kier molecular flexibility index (Phi) is 4.89. The monoisotopic (exact) mass is 468 g/mol. The van der Waals surface area contributed by atoms with E-state index in [1.54, 1.807) is 6.07 Å². The van der Waals surface area contributed by atoms with E-state index in [1.165, 1.54) is 51.3 Å². The van der Waals surface area contributed by atoms with E-state index in [0.717, 1.165) is 31.7 Å². The lowest BCUT2D eigenvalue weighted by molar-refractivity contribution is 0.0696. The van der Waals surface area contributed by atoms with E-state index >= 15 is 0 Å². The molecule has 3 aliphatic rings. The van der Waals surface area contributed by atoms with Gasteiger partial charge in [0.25, 0.3) is 0 Å². The van der Waals surface area contributed by atoms with Crippen LogP contribution in [0.5, 0.6) is 0 Å². The van der Waals surface area contributed by atoms with Gasteiger partial charge in [0.15, 0.2) is 0 Å². The first-order valence-corrected chi connectivity index (χ1v) is 15.5. The molecule has 5 heteroatoms. The topological polar surface area (TPSA) is 43.8 Å². The van der Waals surface area contributed by atoms with E-state index in [1.807, 2.05) is 12.1 Å². The Labute approximate surface area is 202 Å². The molecule has 0 radical (unpaired) electrons. The summed E-state index contributed by atoms with van der Waals surface area (Å²) in [5, 5.41) is 12.6. The van der Waals surface area contributed by atoms with Crippen LogP contribution in [0.1, 0.15) is 51.4 Å². The molecular formula is C29H32N2O2Si. The van der Waals surface area contributed by atoms with Crippen molar-refractivity contribution in [3.05, 3.63) is 82.4 Å². The predicted molar refractivity (Wildman–Crippen MR) is 142 cm³/mol. The van der Waals surface area contributed by atoms with Crippen molar-refractivity contribution in [1.29, 1.82) is 0 Å². The van der Waals surface area contributed by atoms with Crippen LogP contribution in [0.15, 0.2) is 54.6 Å². The maximum Gasteiger partial charge on any atom is 0.335 e. The number of hydrogen-bond donors (Lipinski definition) is 1. The molecule has 3 aliphatic heterocycles. The number of nitrogens with zero attached hydrogens (tertiary/aromatic N) is 2. The van der Waals surface area contributed by atoms with Gasteiger partial charge in [-0.25, -0.2) is 4.79 Å². The molecule has 3 heterocycles. The molecule has 4 nitrogen and oxygen atoms in total. The lowest BCUT2D eigenvalue weighted by Gasteiger charge is -2.42. The average molecular weight is 469 g/mol. The van der Waals surface area contributed by atoms with Crippen LogP contribution in [-0.4, -0.2) is 45.3 Å². The van der Waals surface area contributed by atoms with E-state index in [2.05, 4.69) is 66.2 Å². The van der Waals surface area contributed by atoms with Crippen molar-refractivity contribution in [2.45, 2.75) is 38.8 Å². The van der Waals surface area contributed by atoms with E-state index < -0.39 is 14.0 Å². The van der Waals surface area contributed by atoms with Gasteiger partial charge in [0.1, 0.15) is 8.07 Å². The molecule has 0 saturated carbocycles. The minimum absolute atomic E-state index is 0.129. The van der Waals surface area contributed by atoms with Crippen LogP contribution in [0.3, 0.4) is 0 Å². The van der Waals surface area contributed by atoms with Crippen LogP contribution < -0.4 is 20.2 Å². The van der Waals surface area contributed by atoms with Gasteiger partial charge in [0.2, 0.25) is 0 Å². The lowest BCUT2D eigenvalue weighted by Crippen LogP contribution is -2.59. The standard InChI is InChI=1S/C29H32N2O2Si/c1-19-16-20(29(32)33)6-9-23(19)28-24-10-7-21(30-12-4-13-30)17-26(24)34(2,3)27-18-22(8-11-25(27)28)31-14-5-15-31/h6-11,16-18,28H,4-5,12-15H2,1-3H3,(H,32,33). The van der Waals surface area contributed by atoms with Crippen LogP contribution in [0, 0.1) is 6.92 Å². The highest BCUT2D eigenvalue weighted by Gasteiger charge is 2.41. The maximum absolute atomic E-state index is 11.6. The Hall–Kier alpha value is -3.05. The zero-order chi connectivity index (χ0) is 23.6. The van der Waals surface area contributed by atoms with Gasteiger partial charge in [-0.3, -0.25) is 0 Å². The number of aromatic carboxylic acids is 1. The second-order valence-electron chi connectivity index (χ2n) is 10.7. The fraction of sp³-hybridized carbons (Fsp3) is 0.345. The van der Waals surface area contributed by atoms with Gasteiger partial charge in [-0.15, -0.1) is 0 Å². The summed E-state index contributed by atoms with van der Waals surface area (Å²) in [6, 6.07) is 19.9. The van der Waals surface area contributed by atoms with Crippen LogP contribution in [0.4, 0.5) is 11.4 Å². The number of carboxylic acid groups (broad SMARTS) is 1. The molecule has 3 aromatic rings. The Bertz CT molecular complexity index is 1240. The molecule has 34 heavy (non-hydrogen) atoms. The first-order chi connectivity index (χ1) is 16.3. The highest BCUT2D eigenvalue weighted by atomic mass is 28.3. The summed E-state index contributed by atoms with van der Waals surface area (Å²) < 4.78 is 0. The van der Waals surface area contributed by atoms with Gasteiger partial charge in [-0.2, -0.15) is 0 Å². The Morgan fingerprint density at radius 2 is 1.29 bits per heavy atom. The first-order valence-electron chi connectivity index (χ1n) is 12.5. The first kappa shape index (κ1) is 21.5. The molecule has 0 aromatic heterocycles. The predicted octanol–water partition coefficient (Wildman–Crippen LogP) is 4.43. The average Bonchev–Trinajstić information content (AvgIpc) is 2.73. The van der Waals surface area contributed by atoms with Crippen LogP contribution in [0.2, 0.25) is 13.1 Å². The number of rotatable bonds is 4. The Morgan fingerprint density at radius 3 is 1.71 bits per heavy atom. The third-order valence-corrected chi connectivity index (χ3v) is 11.9. The van der Waals surface area contributed by atoms with Gasteiger partial charge >= 0.3 is 5.97 Å². The molecule has 3 aromatic carbocycles. The summed E-state index contributed by atoms with van der Waals surface area (Å²) in [7, 11) is -1.93. The van der Waals surface area contributed by atoms with E-state index in [9.17, 15) is 9.90 Å². The summed E-state index contributed by atoms with van der Waals surface area (Å²) >= 11 is 0. The zero-order valence-corrected chi connectivity index (χ0v) is 21.3. The molecule has 0 aliphatic carbocycles. The Balaban J connectivity index is 1.56. The van der Waals surface area contributed by atoms with Crippen molar-refractivity contribution >= 4 is 35.8 Å². The number of benzene rings is 3. The quantitative estimate of drug-likeness (QED) is 0.576. The number of fused-ring (bicyclic) bond motifs is 2. The molecular weight excluding hydrogens is 436 g/mol. The number of anilines is 2. The second kappa shape index (κ2) is 7.74. The third-order valence-electron chi connectivity index (χ3n) is 8.31. The SMILES string of the molecule is Cc1cc(C(=O)O)ccc1C1c2ccc(N3CCC3)cc2[Si](C)(C)c2cc(N3CCC3)ccc21. The van der Waals surface area contributed by atoms with E-state index in [0.29, 0.717) is 5.56 Å². The molecule has 0 bridgehead atoms. The summed E-state index contributed by atoms with van der Waals surface area (Å²) in [5.41, 5.74) is 8.11. The molecule has 0 unspecified atom stereocenters. The molecule has 1 N–H and O–H groups in total. The smallest absolute Gasteiger partial charge is 0.335 e. The molecule has 6 rings (SSSR count). The maximum atomic E-state index is 11.6. The van der Waals surface area contributed by atoms with Gasteiger partial charge in [-0.05, 0) is 88.8 Å². The van der Waals surface area contributed by atoms with E-state index in [-0.39, 0.29) is 5.92 Å². The highest BCUT2D eigenvalue weighted by Crippen LogP contribution is 2.40. The fourth-order valence-electron chi connectivity index (χ4n) is 6.00. The minimum atomic E-state index is -1.93. The van der Waals surface area contributed by atoms with Crippen molar-refractivity contribution in [2.75, 3.05) is 36.0 Å². The minimum Gasteiger partial charge on any atom is -0.478 e. The van der Waals surface area contributed by atoms with Crippen molar-refractivity contribution < 1.29 is 9.90 Å². The van der Waals surface area contributed by atoms with Crippen molar-refractivity contribution in [3.8, 4) is 0 Å². The summed E-state index contributed by atoms with van der Waals surface area (Å²) in [6.45, 7) is 11.7. The number of carbonyl (C=O) groups is 1. The third kappa shape index (κ3) is 3.21. The van der Waals surface area contributed by atoms with Crippen molar-refractivity contribution in [1.82, 2.24) is 0 Å². The fourth-order valence-corrected chi connectivity index (χ4v) is 9.20. The molecule has 0 amide bonds. The molecule has 174 valence electrons. The van der Waals surface area contributed by atoms with E-state index in [4.69, 9.17) is 0 Å². The lowest BCUT2D eigenvalue weighted by atomic mass is 9.81. The van der Waals surface area contributed by atoms with Crippen molar-refractivity contribution in [2.24, 2.45) is 0 Å². The largest absolute Gasteiger partial charge is 0.478 e. The molecule has 0 spiro atoms. The molecule has 2 fully saturated rings. The number of hydrogen-bond acceptors (Lipinski definition) is 3. The highest BCUT2D eigenvalue weighted by molar-refractivity contribution is 7.01. The van der Waals surface area contributed by atoms with Crippen molar-refractivity contribution in [3.63, 3.8) is 0 Å². The normalized spacial score (nSPS) is 18.6. The van der Waals surface area contributed by atoms with Gasteiger partial charge < -0.3 is 14.9 Å². The molecule has 0 atom stereocenters. The summed E-state index contributed by atoms with van der Waals surface area (Å²) in [5.74, 6) is -0.740. The number of carboxylic acids is 1. The van der Waals surface area contributed by atoms with Crippen LogP contribution >= 0.6 is 0 Å². The van der Waals surface area contributed by atoms with Gasteiger partial charge in [0, 0.05) is 43.5 Å². The van der Waals surface area contributed by atoms with Gasteiger partial charge in [-0.1, -0.05) is 31.3 Å². The Morgan fingerprint density at radius 1 is 0.794 bits per heavy atom. The van der Waals surface area contributed by atoms with Crippen LogP contribution in [0.25, 0.3) is 0 Å². The molecule has 2 saturated heterocycles. The number of aryl methyl sites for hydroxylation is 1. The zero-order valence-electron chi connectivity index (χ0n) is 20.3. The second-order valence-corrected chi connectivity index (χ2v) is 15.0. The van der Waals surface area contributed by atoms with Crippen LogP contribution in [-0.2, 0) is 0 Å².